The van der Waals surface area contributed by atoms with Crippen molar-refractivity contribution in [3.8, 4) is 16.9 Å². The number of fused-ring (bicyclic) bond motifs is 5. The number of phenols is 1. The van der Waals surface area contributed by atoms with Gasteiger partial charge in [0.1, 0.15) is 5.75 Å². The Morgan fingerprint density at radius 2 is 1.81 bits per heavy atom. The second-order valence-corrected chi connectivity index (χ2v) is 7.92. The number of phenolic OH excluding ortho intramolecular Hbond substituents is 1. The monoisotopic (exact) mass is 428 g/mol. The van der Waals surface area contributed by atoms with E-state index in [2.05, 4.69) is 36.2 Å². The summed E-state index contributed by atoms with van der Waals surface area (Å²) < 4.78 is 2.24. The number of aromatic nitrogens is 6. The third-order valence-electron chi connectivity index (χ3n) is 5.79. The van der Waals surface area contributed by atoms with E-state index in [1.165, 1.54) is 0 Å². The van der Waals surface area contributed by atoms with Crippen molar-refractivity contribution in [3.63, 3.8) is 0 Å². The maximum Gasteiger partial charge on any atom is 0.176 e. The van der Waals surface area contributed by atoms with Crippen molar-refractivity contribution in [2.75, 3.05) is 0 Å². The Kier molecular flexibility index (Phi) is 3.97. The molecule has 0 atom stereocenters. The second-order valence-electron chi connectivity index (χ2n) is 7.51. The fourth-order valence-corrected chi connectivity index (χ4v) is 4.68. The minimum atomic E-state index is 0.239. The van der Waals surface area contributed by atoms with Crippen LogP contribution in [0.4, 0.5) is 0 Å². The third-order valence-corrected chi connectivity index (χ3v) is 6.12. The summed E-state index contributed by atoms with van der Waals surface area (Å²) in [4.78, 5) is 3.26. The topological polar surface area (TPSA) is 95.4 Å². The summed E-state index contributed by atoms with van der Waals surface area (Å²) in [5, 5.41) is 29.5. The van der Waals surface area contributed by atoms with Gasteiger partial charge in [0.05, 0.1) is 5.52 Å². The molecule has 3 aromatic carbocycles. The lowest BCUT2D eigenvalue weighted by Crippen LogP contribution is -2.02. The Balaban J connectivity index is 1.69. The second kappa shape index (κ2) is 6.85. The molecule has 7 nitrogen and oxygen atoms in total. The van der Waals surface area contributed by atoms with E-state index in [0.29, 0.717) is 23.8 Å². The zero-order valence-electron chi connectivity index (χ0n) is 16.3. The minimum Gasteiger partial charge on any atom is -0.508 e. The number of halogens is 1. The molecular weight excluding hydrogens is 412 g/mol. The van der Waals surface area contributed by atoms with Gasteiger partial charge in [-0.1, -0.05) is 35.0 Å². The third kappa shape index (κ3) is 2.78. The summed E-state index contributed by atoms with van der Waals surface area (Å²) >= 11 is 6.57. The summed E-state index contributed by atoms with van der Waals surface area (Å²) in [6.45, 7) is 0.669. The Morgan fingerprint density at radius 3 is 2.65 bits per heavy atom. The number of aryl methyl sites for hydroxylation is 2. The normalized spacial score (nSPS) is 11.8. The summed E-state index contributed by atoms with van der Waals surface area (Å²) in [7, 11) is 0. The van der Waals surface area contributed by atoms with Gasteiger partial charge in [-0.2, -0.15) is 5.21 Å². The molecule has 0 aliphatic heterocycles. The highest BCUT2D eigenvalue weighted by molar-refractivity contribution is 6.34. The SMILES string of the molecule is Oc1ccc2c(c1)c1c3c[nH]cc3c(-c3ccccc3Cl)cc1n2CCc1nn[nH]n1. The van der Waals surface area contributed by atoms with Crippen molar-refractivity contribution in [2.45, 2.75) is 13.0 Å². The first-order chi connectivity index (χ1) is 15.2. The van der Waals surface area contributed by atoms with Gasteiger partial charge in [0, 0.05) is 63.0 Å². The van der Waals surface area contributed by atoms with Crippen LogP contribution in [0, 0.1) is 0 Å². The molecule has 0 saturated carbocycles. The molecule has 0 unspecified atom stereocenters. The van der Waals surface area contributed by atoms with Crippen LogP contribution in [0.2, 0.25) is 5.02 Å². The number of rotatable bonds is 4. The van der Waals surface area contributed by atoms with Gasteiger partial charge in [-0.05, 0) is 35.9 Å². The number of hydrogen-bond acceptors (Lipinski definition) is 4. The predicted octanol–water partition coefficient (Wildman–Crippen LogP) is 5.06. The zero-order valence-corrected chi connectivity index (χ0v) is 17.1. The fraction of sp³-hybridized carbons (Fsp3) is 0.0870. The van der Waals surface area contributed by atoms with Crippen LogP contribution in [0.3, 0.4) is 0 Å². The molecule has 152 valence electrons. The summed E-state index contributed by atoms with van der Waals surface area (Å²) in [5.74, 6) is 0.895. The molecule has 6 rings (SSSR count). The van der Waals surface area contributed by atoms with Crippen molar-refractivity contribution < 1.29 is 5.11 Å². The van der Waals surface area contributed by atoms with Crippen LogP contribution < -0.4 is 0 Å². The predicted molar refractivity (Wildman–Crippen MR) is 121 cm³/mol. The number of H-pyrrole nitrogens is 2. The van der Waals surface area contributed by atoms with Gasteiger partial charge in [-0.3, -0.25) is 0 Å². The average Bonchev–Trinajstić information content (AvgIpc) is 3.51. The number of aromatic amines is 2. The number of nitrogens with zero attached hydrogens (tertiary/aromatic N) is 4. The molecule has 3 aromatic heterocycles. The molecule has 31 heavy (non-hydrogen) atoms. The van der Waals surface area contributed by atoms with E-state index >= 15 is 0 Å². The van der Waals surface area contributed by atoms with E-state index in [9.17, 15) is 5.11 Å². The Hall–Kier alpha value is -3.84. The van der Waals surface area contributed by atoms with E-state index in [0.717, 1.165) is 43.7 Å². The van der Waals surface area contributed by atoms with E-state index in [4.69, 9.17) is 11.6 Å². The molecule has 0 aliphatic rings. The highest BCUT2D eigenvalue weighted by Gasteiger charge is 2.19. The standard InChI is InChI=1S/C23H17ClN6O/c24-19-4-2-1-3-14(19)15-10-21-23(18-12-25-11-17(15)18)16-9-13(31)5-6-20(16)30(21)8-7-22-26-28-29-27-22/h1-6,9-12,25,31H,7-8H2,(H,26,27,28,29). The van der Waals surface area contributed by atoms with Crippen LogP contribution in [0.5, 0.6) is 5.75 Å². The molecule has 0 saturated heterocycles. The molecular formula is C23H17ClN6O. The highest BCUT2D eigenvalue weighted by atomic mass is 35.5. The summed E-state index contributed by atoms with van der Waals surface area (Å²) in [5.41, 5.74) is 4.14. The minimum absolute atomic E-state index is 0.239. The molecule has 0 bridgehead atoms. The lowest BCUT2D eigenvalue weighted by atomic mass is 9.97. The lowest BCUT2D eigenvalue weighted by molar-refractivity contribution is 0.476. The average molecular weight is 429 g/mol. The molecule has 3 heterocycles. The molecule has 0 radical (unpaired) electrons. The summed E-state index contributed by atoms with van der Waals surface area (Å²) in [6.07, 6.45) is 4.63. The molecule has 0 amide bonds. The molecule has 8 heteroatoms. The van der Waals surface area contributed by atoms with Crippen LogP contribution in [-0.4, -0.2) is 35.3 Å². The van der Waals surface area contributed by atoms with Gasteiger partial charge in [-0.15, -0.1) is 10.2 Å². The first kappa shape index (κ1) is 18.0. The molecule has 0 aliphatic carbocycles. The largest absolute Gasteiger partial charge is 0.508 e. The van der Waals surface area contributed by atoms with Crippen molar-refractivity contribution >= 4 is 44.2 Å². The first-order valence-electron chi connectivity index (χ1n) is 9.92. The van der Waals surface area contributed by atoms with Gasteiger partial charge in [0.2, 0.25) is 0 Å². The number of aromatic hydroxyl groups is 1. The van der Waals surface area contributed by atoms with Crippen molar-refractivity contribution in [2.24, 2.45) is 0 Å². The zero-order chi connectivity index (χ0) is 20.9. The van der Waals surface area contributed by atoms with Crippen LogP contribution in [0.1, 0.15) is 5.82 Å². The molecule has 0 spiro atoms. The van der Waals surface area contributed by atoms with Gasteiger partial charge in [0.15, 0.2) is 5.82 Å². The van der Waals surface area contributed by atoms with Crippen LogP contribution in [0.25, 0.3) is 43.7 Å². The maximum absolute atomic E-state index is 10.2. The summed E-state index contributed by atoms with van der Waals surface area (Å²) in [6, 6.07) is 15.5. The van der Waals surface area contributed by atoms with E-state index in [1.807, 2.05) is 48.8 Å². The number of tetrazole rings is 1. The van der Waals surface area contributed by atoms with Gasteiger partial charge in [0.25, 0.3) is 0 Å². The Morgan fingerprint density at radius 1 is 0.935 bits per heavy atom. The Bertz CT molecular complexity index is 1560. The fourth-order valence-electron chi connectivity index (χ4n) is 4.45. The number of nitrogens with one attached hydrogen (secondary N) is 2. The van der Waals surface area contributed by atoms with Crippen molar-refractivity contribution in [1.82, 2.24) is 30.2 Å². The smallest absolute Gasteiger partial charge is 0.176 e. The van der Waals surface area contributed by atoms with Gasteiger partial charge < -0.3 is 14.7 Å². The maximum atomic E-state index is 10.2. The van der Waals surface area contributed by atoms with Crippen molar-refractivity contribution in [1.29, 1.82) is 0 Å². The number of benzene rings is 3. The van der Waals surface area contributed by atoms with Gasteiger partial charge in [-0.25, -0.2) is 0 Å². The first-order valence-corrected chi connectivity index (χ1v) is 10.3. The molecule has 3 N–H and O–H groups in total. The van der Waals surface area contributed by atoms with Gasteiger partial charge >= 0.3 is 0 Å². The number of hydrogen-bond donors (Lipinski definition) is 3. The quantitative estimate of drug-likeness (QED) is 0.366. The van der Waals surface area contributed by atoms with E-state index < -0.39 is 0 Å². The molecule has 0 fully saturated rings. The Labute approximate surface area is 181 Å². The molecule has 6 aromatic rings. The van der Waals surface area contributed by atoms with Crippen LogP contribution in [-0.2, 0) is 13.0 Å². The highest BCUT2D eigenvalue weighted by Crippen LogP contribution is 2.42. The lowest BCUT2D eigenvalue weighted by Gasteiger charge is -2.10. The van der Waals surface area contributed by atoms with Crippen LogP contribution in [0.15, 0.2) is 60.9 Å². The van der Waals surface area contributed by atoms with Crippen molar-refractivity contribution in [3.05, 3.63) is 71.8 Å². The van der Waals surface area contributed by atoms with Crippen LogP contribution >= 0.6 is 11.6 Å². The van der Waals surface area contributed by atoms with E-state index in [1.54, 1.807) is 6.07 Å². The van der Waals surface area contributed by atoms with E-state index in [-0.39, 0.29) is 5.75 Å².